The average Bonchev–Trinajstić information content (AvgIpc) is 1.87. The summed E-state index contributed by atoms with van der Waals surface area (Å²) in [6.07, 6.45) is 0.340. The van der Waals surface area contributed by atoms with Gasteiger partial charge in [-0.15, -0.1) is 11.6 Å². The Labute approximate surface area is 67.7 Å². The number of hydrogen-bond donors (Lipinski definition) is 1. The summed E-state index contributed by atoms with van der Waals surface area (Å²) in [6.45, 7) is 7.49. The lowest BCUT2D eigenvalue weighted by atomic mass is 10.0. The monoisotopic (exact) mass is 162 g/mol. The van der Waals surface area contributed by atoms with Crippen molar-refractivity contribution in [2.24, 2.45) is 5.92 Å². The summed E-state index contributed by atoms with van der Waals surface area (Å²) in [7, 11) is 0. The molecule has 0 aromatic carbocycles. The van der Waals surface area contributed by atoms with Gasteiger partial charge in [-0.3, -0.25) is 0 Å². The molecule has 0 rings (SSSR count). The molecule has 0 aliphatic heterocycles. The average molecular weight is 163 g/mol. The van der Waals surface area contributed by atoms with Crippen LogP contribution in [0.4, 0.5) is 0 Å². The quantitative estimate of drug-likeness (QED) is 0.497. The molecule has 1 nitrogen and oxygen atoms in total. The van der Waals surface area contributed by atoms with E-state index in [0.29, 0.717) is 11.8 Å². The summed E-state index contributed by atoms with van der Waals surface area (Å²) < 4.78 is 0. The van der Waals surface area contributed by atoms with E-state index in [0.717, 1.165) is 12.0 Å². The predicted octanol–water partition coefficient (Wildman–Crippen LogP) is 2.19. The predicted molar refractivity (Wildman–Crippen MR) is 45.3 cm³/mol. The molecule has 0 spiro atoms. The van der Waals surface area contributed by atoms with Crippen molar-refractivity contribution >= 4 is 11.6 Å². The van der Waals surface area contributed by atoms with E-state index < -0.39 is 0 Å². The second-order valence-electron chi connectivity index (χ2n) is 2.86. The van der Waals surface area contributed by atoms with Gasteiger partial charge in [0.05, 0.1) is 6.10 Å². The zero-order valence-electron chi connectivity index (χ0n) is 6.60. The molecule has 0 aromatic rings. The van der Waals surface area contributed by atoms with Gasteiger partial charge in [-0.05, 0) is 19.3 Å². The van der Waals surface area contributed by atoms with Crippen LogP contribution in [-0.4, -0.2) is 17.1 Å². The first kappa shape index (κ1) is 9.99. The topological polar surface area (TPSA) is 20.2 Å². The zero-order valence-corrected chi connectivity index (χ0v) is 7.36. The summed E-state index contributed by atoms with van der Waals surface area (Å²) in [5.74, 6) is 0.970. The summed E-state index contributed by atoms with van der Waals surface area (Å²) in [5, 5.41) is 9.27. The second kappa shape index (κ2) is 4.75. The van der Waals surface area contributed by atoms with Crippen LogP contribution in [0.1, 0.15) is 20.3 Å². The van der Waals surface area contributed by atoms with Gasteiger partial charge in [0, 0.05) is 5.88 Å². The molecule has 2 unspecified atom stereocenters. The number of rotatable bonds is 4. The Bertz CT molecular complexity index is 112. The third-order valence-corrected chi connectivity index (χ3v) is 1.98. The number of aliphatic hydroxyl groups is 1. The third kappa shape index (κ3) is 3.91. The Hall–Kier alpha value is -0.0100. The van der Waals surface area contributed by atoms with Crippen molar-refractivity contribution in [1.82, 2.24) is 0 Å². The SMILES string of the molecule is C=C(C)C(O)CC(C)CCl. The summed E-state index contributed by atoms with van der Waals surface area (Å²) in [4.78, 5) is 0. The highest BCUT2D eigenvalue weighted by Crippen LogP contribution is 2.12. The van der Waals surface area contributed by atoms with Crippen molar-refractivity contribution in [3.8, 4) is 0 Å². The largest absolute Gasteiger partial charge is 0.389 e. The molecule has 0 fully saturated rings. The maximum Gasteiger partial charge on any atom is 0.0747 e. The molecule has 0 heterocycles. The molecule has 10 heavy (non-hydrogen) atoms. The summed E-state index contributed by atoms with van der Waals surface area (Å²) >= 11 is 5.56. The van der Waals surface area contributed by atoms with Gasteiger partial charge < -0.3 is 5.11 Å². The van der Waals surface area contributed by atoms with Crippen LogP contribution in [0.15, 0.2) is 12.2 Å². The third-order valence-electron chi connectivity index (χ3n) is 1.46. The Morgan fingerprint density at radius 3 is 2.50 bits per heavy atom. The molecule has 0 saturated heterocycles. The van der Waals surface area contributed by atoms with Crippen LogP contribution in [0.3, 0.4) is 0 Å². The van der Waals surface area contributed by atoms with Crippen LogP contribution in [0.25, 0.3) is 0 Å². The minimum absolute atomic E-state index is 0.369. The smallest absolute Gasteiger partial charge is 0.0747 e. The molecule has 0 bridgehead atoms. The van der Waals surface area contributed by atoms with Crippen LogP contribution < -0.4 is 0 Å². The summed E-state index contributed by atoms with van der Waals surface area (Å²) in [5.41, 5.74) is 0.817. The van der Waals surface area contributed by atoms with Crippen molar-refractivity contribution in [3.63, 3.8) is 0 Å². The van der Waals surface area contributed by atoms with Gasteiger partial charge >= 0.3 is 0 Å². The highest BCUT2D eigenvalue weighted by molar-refractivity contribution is 6.18. The van der Waals surface area contributed by atoms with E-state index in [9.17, 15) is 5.11 Å². The van der Waals surface area contributed by atoms with E-state index in [1.54, 1.807) is 0 Å². The molecule has 2 heteroatoms. The Balaban J connectivity index is 3.56. The molecule has 0 saturated carbocycles. The molecular formula is C8H15ClO. The van der Waals surface area contributed by atoms with Gasteiger partial charge in [0.15, 0.2) is 0 Å². The lowest BCUT2D eigenvalue weighted by Gasteiger charge is -2.13. The molecule has 0 aliphatic rings. The molecule has 0 amide bonds. The number of hydrogen-bond acceptors (Lipinski definition) is 1. The molecular weight excluding hydrogens is 148 g/mol. The van der Waals surface area contributed by atoms with Crippen LogP contribution in [0.2, 0.25) is 0 Å². The van der Waals surface area contributed by atoms with E-state index in [2.05, 4.69) is 6.58 Å². The van der Waals surface area contributed by atoms with Crippen LogP contribution >= 0.6 is 11.6 Å². The maximum absolute atomic E-state index is 9.27. The van der Waals surface area contributed by atoms with Gasteiger partial charge in [0.1, 0.15) is 0 Å². The van der Waals surface area contributed by atoms with Crippen molar-refractivity contribution in [2.45, 2.75) is 26.4 Å². The van der Waals surface area contributed by atoms with E-state index in [4.69, 9.17) is 11.6 Å². The highest BCUT2D eigenvalue weighted by Gasteiger charge is 2.08. The lowest BCUT2D eigenvalue weighted by molar-refractivity contribution is 0.184. The lowest BCUT2D eigenvalue weighted by Crippen LogP contribution is -2.13. The first-order chi connectivity index (χ1) is 4.57. The molecule has 60 valence electrons. The molecule has 2 atom stereocenters. The van der Waals surface area contributed by atoms with E-state index >= 15 is 0 Å². The normalized spacial score (nSPS) is 16.4. The minimum atomic E-state index is -0.381. The van der Waals surface area contributed by atoms with Crippen molar-refractivity contribution in [3.05, 3.63) is 12.2 Å². The van der Waals surface area contributed by atoms with Crippen molar-refractivity contribution < 1.29 is 5.11 Å². The van der Waals surface area contributed by atoms with Gasteiger partial charge in [0.25, 0.3) is 0 Å². The second-order valence-corrected chi connectivity index (χ2v) is 3.17. The first-order valence-corrected chi connectivity index (χ1v) is 4.00. The zero-order chi connectivity index (χ0) is 8.15. The van der Waals surface area contributed by atoms with Crippen molar-refractivity contribution in [2.75, 3.05) is 5.88 Å². The van der Waals surface area contributed by atoms with Crippen LogP contribution in [0, 0.1) is 5.92 Å². The Kier molecular flexibility index (Phi) is 4.75. The fourth-order valence-corrected chi connectivity index (χ4v) is 0.771. The number of aliphatic hydroxyl groups excluding tert-OH is 1. The van der Waals surface area contributed by atoms with Gasteiger partial charge in [-0.1, -0.05) is 19.1 Å². The minimum Gasteiger partial charge on any atom is -0.389 e. The van der Waals surface area contributed by atoms with Crippen LogP contribution in [-0.2, 0) is 0 Å². The standard InChI is InChI=1S/C8H15ClO/c1-6(2)8(10)4-7(3)5-9/h7-8,10H,1,4-5H2,2-3H3. The Morgan fingerprint density at radius 1 is 1.70 bits per heavy atom. The first-order valence-electron chi connectivity index (χ1n) is 3.47. The highest BCUT2D eigenvalue weighted by atomic mass is 35.5. The van der Waals surface area contributed by atoms with E-state index in [-0.39, 0.29) is 6.10 Å². The molecule has 1 N–H and O–H groups in total. The molecule has 0 aliphatic carbocycles. The fraction of sp³-hybridized carbons (Fsp3) is 0.750. The fourth-order valence-electron chi connectivity index (χ4n) is 0.645. The van der Waals surface area contributed by atoms with Gasteiger partial charge in [-0.25, -0.2) is 0 Å². The van der Waals surface area contributed by atoms with Crippen LogP contribution in [0.5, 0.6) is 0 Å². The van der Waals surface area contributed by atoms with E-state index in [1.165, 1.54) is 0 Å². The van der Waals surface area contributed by atoms with Crippen molar-refractivity contribution in [1.29, 1.82) is 0 Å². The maximum atomic E-state index is 9.27. The summed E-state index contributed by atoms with van der Waals surface area (Å²) in [6, 6.07) is 0. The molecule has 0 aromatic heterocycles. The molecule has 0 radical (unpaired) electrons. The van der Waals surface area contributed by atoms with Gasteiger partial charge in [0.2, 0.25) is 0 Å². The van der Waals surface area contributed by atoms with Gasteiger partial charge in [-0.2, -0.15) is 0 Å². The number of halogens is 1. The Morgan fingerprint density at radius 2 is 2.20 bits per heavy atom. The van der Waals surface area contributed by atoms with E-state index in [1.807, 2.05) is 13.8 Å². The number of alkyl halides is 1.